The number of nitrogens with zero attached hydrogens (tertiary/aromatic N) is 2. The largest absolute Gasteiger partial charge is 0.464 e. The Morgan fingerprint density at radius 2 is 1.70 bits per heavy atom. The van der Waals surface area contributed by atoms with Crippen molar-refractivity contribution in [3.8, 4) is 17.2 Å². The molecule has 0 aliphatic carbocycles. The van der Waals surface area contributed by atoms with Gasteiger partial charge in [0.15, 0.2) is 11.5 Å². The van der Waals surface area contributed by atoms with Crippen molar-refractivity contribution in [3.63, 3.8) is 0 Å². The van der Waals surface area contributed by atoms with E-state index in [1.54, 1.807) is 0 Å². The van der Waals surface area contributed by atoms with Gasteiger partial charge >= 0.3 is 0 Å². The van der Waals surface area contributed by atoms with Gasteiger partial charge in [-0.1, -0.05) is 41.4 Å². The van der Waals surface area contributed by atoms with Crippen molar-refractivity contribution in [2.24, 2.45) is 5.10 Å². The summed E-state index contributed by atoms with van der Waals surface area (Å²) in [6.45, 7) is 0.244. The van der Waals surface area contributed by atoms with E-state index in [1.165, 1.54) is 0 Å². The predicted molar refractivity (Wildman–Crippen MR) is 115 cm³/mol. The quantitative estimate of drug-likeness (QED) is 0.494. The van der Waals surface area contributed by atoms with Crippen LogP contribution in [0.4, 0.5) is 0 Å². The van der Waals surface area contributed by atoms with Crippen LogP contribution in [0, 0.1) is 0 Å². The molecule has 0 spiro atoms. The minimum Gasteiger partial charge on any atom is -0.464 e. The molecule has 3 heterocycles. The van der Waals surface area contributed by atoms with Gasteiger partial charge in [-0.25, -0.2) is 5.01 Å². The summed E-state index contributed by atoms with van der Waals surface area (Å²) in [4.78, 5) is 0. The number of hydrogen-bond acceptors (Lipinski definition) is 5. The van der Waals surface area contributed by atoms with Gasteiger partial charge in [0.05, 0.1) is 11.8 Å². The highest BCUT2D eigenvalue weighted by molar-refractivity contribution is 6.31. The zero-order valence-corrected chi connectivity index (χ0v) is 17.2. The fraction of sp³-hybridized carbons (Fsp3) is 0.174. The molecule has 7 heteroatoms. The summed E-state index contributed by atoms with van der Waals surface area (Å²) in [5.41, 5.74) is 3.84. The van der Waals surface area contributed by atoms with Gasteiger partial charge < -0.3 is 14.2 Å². The highest BCUT2D eigenvalue weighted by atomic mass is 35.5. The maximum Gasteiger partial charge on any atom is 0.231 e. The smallest absolute Gasteiger partial charge is 0.231 e. The lowest BCUT2D eigenvalue weighted by Gasteiger charge is -2.38. The van der Waals surface area contributed by atoms with E-state index in [2.05, 4.69) is 0 Å². The van der Waals surface area contributed by atoms with Crippen LogP contribution in [0.5, 0.6) is 17.2 Å². The third-order valence-corrected chi connectivity index (χ3v) is 6.21. The second-order valence-corrected chi connectivity index (χ2v) is 8.23. The van der Waals surface area contributed by atoms with E-state index >= 15 is 0 Å². The van der Waals surface area contributed by atoms with Gasteiger partial charge in [-0.05, 0) is 42.5 Å². The SMILES string of the molecule is Clc1ccc2c(c1)C1CC(c3ccc4c(c3)OCO4)=NN1C(c1ccccc1Cl)O2. The van der Waals surface area contributed by atoms with Crippen LogP contribution in [-0.4, -0.2) is 17.5 Å². The average Bonchev–Trinajstić information content (AvgIpc) is 3.40. The van der Waals surface area contributed by atoms with Crippen molar-refractivity contribution in [2.45, 2.75) is 18.7 Å². The number of fused-ring (bicyclic) bond motifs is 4. The van der Waals surface area contributed by atoms with E-state index in [9.17, 15) is 0 Å². The van der Waals surface area contributed by atoms with Crippen LogP contribution in [0.25, 0.3) is 0 Å². The van der Waals surface area contributed by atoms with Gasteiger partial charge in [-0.3, -0.25) is 0 Å². The van der Waals surface area contributed by atoms with Crippen molar-refractivity contribution in [1.82, 2.24) is 5.01 Å². The lowest BCUT2D eigenvalue weighted by molar-refractivity contribution is -0.0189. The average molecular weight is 439 g/mol. The monoisotopic (exact) mass is 438 g/mol. The number of hydrazone groups is 1. The Morgan fingerprint density at radius 1 is 0.867 bits per heavy atom. The third-order valence-electron chi connectivity index (χ3n) is 5.63. The second-order valence-electron chi connectivity index (χ2n) is 7.39. The topological polar surface area (TPSA) is 43.3 Å². The molecule has 3 aliphatic rings. The van der Waals surface area contributed by atoms with Crippen molar-refractivity contribution in [1.29, 1.82) is 0 Å². The Bertz CT molecular complexity index is 1200. The van der Waals surface area contributed by atoms with E-state index in [0.717, 1.165) is 46.1 Å². The maximum atomic E-state index is 6.51. The van der Waals surface area contributed by atoms with Crippen molar-refractivity contribution in [2.75, 3.05) is 6.79 Å². The van der Waals surface area contributed by atoms with E-state index in [-0.39, 0.29) is 12.8 Å². The Hall–Kier alpha value is -2.89. The molecule has 30 heavy (non-hydrogen) atoms. The molecule has 0 N–H and O–H groups in total. The first-order valence-corrected chi connectivity index (χ1v) is 10.4. The molecule has 6 rings (SSSR count). The Labute approximate surface area is 183 Å². The van der Waals surface area contributed by atoms with E-state index in [1.807, 2.05) is 65.7 Å². The van der Waals surface area contributed by atoms with Crippen LogP contribution >= 0.6 is 23.2 Å². The first-order valence-electron chi connectivity index (χ1n) is 9.64. The summed E-state index contributed by atoms with van der Waals surface area (Å²) < 4.78 is 17.3. The molecule has 2 atom stereocenters. The molecule has 3 aromatic carbocycles. The van der Waals surface area contributed by atoms with Crippen molar-refractivity contribution < 1.29 is 14.2 Å². The summed E-state index contributed by atoms with van der Waals surface area (Å²) >= 11 is 12.8. The lowest BCUT2D eigenvalue weighted by atomic mass is 9.95. The molecule has 0 aromatic heterocycles. The van der Waals surface area contributed by atoms with E-state index in [0.29, 0.717) is 10.0 Å². The molecule has 0 saturated heterocycles. The zero-order chi connectivity index (χ0) is 20.2. The summed E-state index contributed by atoms with van der Waals surface area (Å²) in [5, 5.41) is 8.26. The molecule has 0 radical (unpaired) electrons. The van der Waals surface area contributed by atoms with E-state index in [4.69, 9.17) is 42.5 Å². The first kappa shape index (κ1) is 17.9. The van der Waals surface area contributed by atoms with Gasteiger partial charge in [0.25, 0.3) is 0 Å². The minimum absolute atomic E-state index is 0.00542. The van der Waals surface area contributed by atoms with Gasteiger partial charge in [-0.15, -0.1) is 0 Å². The highest BCUT2D eigenvalue weighted by Crippen LogP contribution is 2.49. The highest BCUT2D eigenvalue weighted by Gasteiger charge is 2.41. The van der Waals surface area contributed by atoms with Crippen molar-refractivity contribution >= 4 is 28.9 Å². The molecule has 2 unspecified atom stereocenters. The first-order chi connectivity index (χ1) is 14.7. The van der Waals surface area contributed by atoms with Gasteiger partial charge in [0.2, 0.25) is 13.0 Å². The standard InChI is InChI=1S/C23H16Cl2N2O3/c24-14-6-8-20-16(10-14)19-11-18(13-5-7-21-22(9-13)29-12-28-21)26-27(19)23(30-20)15-3-1-2-4-17(15)25/h1-10,19,23H,11-12H2. The Kier molecular flexibility index (Phi) is 4.08. The van der Waals surface area contributed by atoms with Gasteiger partial charge in [-0.2, -0.15) is 5.10 Å². The fourth-order valence-corrected chi connectivity index (χ4v) is 4.60. The molecule has 3 aliphatic heterocycles. The van der Waals surface area contributed by atoms with Crippen LogP contribution in [0.2, 0.25) is 10.0 Å². The number of hydrogen-bond donors (Lipinski definition) is 0. The van der Waals surface area contributed by atoms with Crippen molar-refractivity contribution in [3.05, 3.63) is 87.4 Å². The van der Waals surface area contributed by atoms with Crippen LogP contribution in [0.15, 0.2) is 65.8 Å². The molecule has 0 bridgehead atoms. The maximum absolute atomic E-state index is 6.51. The summed E-state index contributed by atoms with van der Waals surface area (Å²) in [6, 6.07) is 19.3. The van der Waals surface area contributed by atoms with Crippen LogP contribution in [-0.2, 0) is 0 Å². The third kappa shape index (κ3) is 2.81. The molecule has 150 valence electrons. The molecular formula is C23H16Cl2N2O3. The normalized spacial score (nSPS) is 21.0. The Morgan fingerprint density at radius 3 is 2.60 bits per heavy atom. The molecule has 5 nitrogen and oxygen atoms in total. The fourth-order valence-electron chi connectivity index (χ4n) is 4.19. The summed E-state index contributed by atoms with van der Waals surface area (Å²) in [6.07, 6.45) is 0.293. The second kappa shape index (κ2) is 6.83. The molecule has 0 amide bonds. The molecular weight excluding hydrogens is 423 g/mol. The summed E-state index contributed by atoms with van der Waals surface area (Å²) in [7, 11) is 0. The van der Waals surface area contributed by atoms with Crippen LogP contribution in [0.1, 0.15) is 35.4 Å². The summed E-state index contributed by atoms with van der Waals surface area (Å²) in [5.74, 6) is 2.29. The number of rotatable bonds is 2. The van der Waals surface area contributed by atoms with Gasteiger partial charge in [0.1, 0.15) is 5.75 Å². The molecule has 0 saturated carbocycles. The zero-order valence-electron chi connectivity index (χ0n) is 15.7. The number of ether oxygens (including phenoxy) is 3. The molecule has 0 fully saturated rings. The van der Waals surface area contributed by atoms with E-state index < -0.39 is 6.23 Å². The van der Waals surface area contributed by atoms with Crippen LogP contribution < -0.4 is 14.2 Å². The van der Waals surface area contributed by atoms with Gasteiger partial charge in [0, 0.05) is 33.2 Å². The number of halogens is 2. The van der Waals surface area contributed by atoms with Crippen LogP contribution in [0.3, 0.4) is 0 Å². The minimum atomic E-state index is -0.427. The lowest BCUT2D eigenvalue weighted by Crippen LogP contribution is -2.33. The molecule has 3 aromatic rings. The predicted octanol–water partition coefficient (Wildman–Crippen LogP) is 5.96. The number of benzene rings is 3. The Balaban J connectivity index is 1.45.